The minimum atomic E-state index is -0.580. The molecule has 0 aromatic heterocycles. The monoisotopic (exact) mass is 238 g/mol. The Bertz CT molecular complexity index is 450. The van der Waals surface area contributed by atoms with Gasteiger partial charge in [-0.15, -0.1) is 0 Å². The number of hydrogen-bond acceptors (Lipinski definition) is 4. The van der Waals surface area contributed by atoms with E-state index in [1.807, 2.05) is 20.8 Å². The van der Waals surface area contributed by atoms with E-state index in [0.717, 1.165) is 0 Å². The van der Waals surface area contributed by atoms with E-state index < -0.39 is 11.0 Å². The van der Waals surface area contributed by atoms with E-state index in [4.69, 9.17) is 5.73 Å². The maximum atomic E-state index is 10.9. The molecule has 1 rings (SSSR count). The number of aromatic hydroxyl groups is 1. The largest absolute Gasteiger partial charge is 0.502 e. The second kappa shape index (κ2) is 4.33. The van der Waals surface area contributed by atoms with Crippen molar-refractivity contribution in [3.63, 3.8) is 0 Å². The van der Waals surface area contributed by atoms with Gasteiger partial charge in [0.2, 0.25) is 0 Å². The molecule has 0 unspecified atom stereocenters. The molecule has 94 valence electrons. The molecular weight excluding hydrogens is 220 g/mol. The van der Waals surface area contributed by atoms with Gasteiger partial charge in [0.05, 0.1) is 4.92 Å². The fraction of sp³-hybridized carbons (Fsp3) is 0.500. The van der Waals surface area contributed by atoms with Gasteiger partial charge in [0.25, 0.3) is 0 Å². The molecule has 5 heteroatoms. The lowest BCUT2D eigenvalue weighted by Gasteiger charge is -2.27. The first-order valence-corrected chi connectivity index (χ1v) is 5.38. The van der Waals surface area contributed by atoms with Crippen LogP contribution in [-0.2, 0) is 0 Å². The van der Waals surface area contributed by atoms with Gasteiger partial charge in [-0.25, -0.2) is 0 Å². The van der Waals surface area contributed by atoms with Gasteiger partial charge < -0.3 is 10.8 Å². The minimum Gasteiger partial charge on any atom is -0.502 e. The number of phenols is 1. The van der Waals surface area contributed by atoms with Crippen LogP contribution in [0.25, 0.3) is 0 Å². The lowest BCUT2D eigenvalue weighted by Crippen LogP contribution is -2.26. The second-order valence-electron chi connectivity index (χ2n) is 5.27. The van der Waals surface area contributed by atoms with Crippen molar-refractivity contribution in [3.8, 4) is 5.75 Å². The minimum absolute atomic E-state index is 0.262. The summed E-state index contributed by atoms with van der Waals surface area (Å²) in [5.41, 5.74) is 6.31. The van der Waals surface area contributed by atoms with Crippen molar-refractivity contribution in [2.24, 2.45) is 11.1 Å². The third-order valence-corrected chi connectivity index (χ3v) is 2.83. The molecule has 0 bridgehead atoms. The summed E-state index contributed by atoms with van der Waals surface area (Å²) in [7, 11) is 0. The van der Waals surface area contributed by atoms with Crippen molar-refractivity contribution in [1.82, 2.24) is 0 Å². The van der Waals surface area contributed by atoms with Crippen LogP contribution in [0.4, 0.5) is 5.69 Å². The van der Waals surface area contributed by atoms with Crippen LogP contribution in [0.2, 0.25) is 0 Å². The molecule has 1 atom stereocenters. The number of nitro groups is 1. The summed E-state index contributed by atoms with van der Waals surface area (Å²) in [6, 6.07) is 2.80. The van der Waals surface area contributed by atoms with E-state index in [-0.39, 0.29) is 16.9 Å². The lowest BCUT2D eigenvalue weighted by molar-refractivity contribution is -0.386. The van der Waals surface area contributed by atoms with Crippen molar-refractivity contribution in [3.05, 3.63) is 33.4 Å². The third kappa shape index (κ3) is 2.55. The van der Waals surface area contributed by atoms with Gasteiger partial charge in [0.1, 0.15) is 0 Å². The number of aryl methyl sites for hydroxylation is 1. The first-order valence-electron chi connectivity index (χ1n) is 5.38. The summed E-state index contributed by atoms with van der Waals surface area (Å²) in [6.07, 6.45) is 0. The zero-order valence-corrected chi connectivity index (χ0v) is 10.5. The first kappa shape index (κ1) is 13.4. The molecule has 0 spiro atoms. The smallest absolute Gasteiger partial charge is 0.313 e. The molecule has 0 saturated carbocycles. The number of phenolic OH excluding ortho intramolecular Hbond substituents is 1. The van der Waals surface area contributed by atoms with Crippen LogP contribution in [0.15, 0.2) is 12.1 Å². The molecular formula is C12H18N2O3. The van der Waals surface area contributed by atoms with Gasteiger partial charge in [-0.2, -0.15) is 0 Å². The van der Waals surface area contributed by atoms with Gasteiger partial charge in [-0.05, 0) is 12.3 Å². The summed E-state index contributed by atoms with van der Waals surface area (Å²) in [5.74, 6) is -0.322. The molecule has 5 nitrogen and oxygen atoms in total. The Balaban J connectivity index is 3.39. The highest BCUT2D eigenvalue weighted by Crippen LogP contribution is 2.40. The SMILES string of the molecule is Cc1ccc([C@@H](N)C(C)(C)C)c(O)c1[N+](=O)[O-]. The highest BCUT2D eigenvalue weighted by molar-refractivity contribution is 5.57. The molecule has 1 aromatic rings. The van der Waals surface area contributed by atoms with E-state index in [9.17, 15) is 15.2 Å². The lowest BCUT2D eigenvalue weighted by atomic mass is 9.82. The van der Waals surface area contributed by atoms with E-state index in [1.165, 1.54) is 0 Å². The van der Waals surface area contributed by atoms with Crippen LogP contribution in [0.1, 0.15) is 37.9 Å². The van der Waals surface area contributed by atoms with Crippen LogP contribution in [0.5, 0.6) is 5.75 Å². The van der Waals surface area contributed by atoms with Crippen LogP contribution in [-0.4, -0.2) is 10.0 Å². The number of hydrogen-bond donors (Lipinski definition) is 2. The Morgan fingerprint density at radius 3 is 2.35 bits per heavy atom. The summed E-state index contributed by atoms with van der Waals surface area (Å²) in [5, 5.41) is 20.8. The maximum Gasteiger partial charge on any atom is 0.313 e. The topological polar surface area (TPSA) is 89.4 Å². The van der Waals surface area contributed by atoms with Crippen LogP contribution in [0, 0.1) is 22.5 Å². The molecule has 0 amide bonds. The summed E-state index contributed by atoms with van der Waals surface area (Å²) in [6.45, 7) is 7.35. The van der Waals surface area contributed by atoms with Crippen molar-refractivity contribution in [1.29, 1.82) is 0 Å². The normalized spacial score (nSPS) is 13.5. The molecule has 0 aliphatic heterocycles. The van der Waals surface area contributed by atoms with E-state index in [0.29, 0.717) is 11.1 Å². The Labute approximate surface area is 100 Å². The molecule has 0 aliphatic carbocycles. The molecule has 3 N–H and O–H groups in total. The number of nitro benzene ring substituents is 1. The van der Waals surface area contributed by atoms with Crippen molar-refractivity contribution in [2.75, 3.05) is 0 Å². The molecule has 0 fully saturated rings. The average Bonchev–Trinajstić information content (AvgIpc) is 2.15. The molecule has 0 heterocycles. The maximum absolute atomic E-state index is 10.9. The predicted molar refractivity (Wildman–Crippen MR) is 65.9 cm³/mol. The first-order chi connectivity index (χ1) is 7.66. The Kier molecular flexibility index (Phi) is 3.43. The van der Waals surface area contributed by atoms with Crippen LogP contribution in [0.3, 0.4) is 0 Å². The zero-order chi connectivity index (χ0) is 13.4. The predicted octanol–water partition coefficient (Wildman–Crippen LogP) is 2.65. The van der Waals surface area contributed by atoms with Crippen molar-refractivity contribution < 1.29 is 10.0 Å². The zero-order valence-electron chi connectivity index (χ0n) is 10.5. The highest BCUT2D eigenvalue weighted by Gasteiger charge is 2.29. The molecule has 0 aliphatic rings. The van der Waals surface area contributed by atoms with Gasteiger partial charge in [0.15, 0.2) is 5.75 Å². The van der Waals surface area contributed by atoms with E-state index in [2.05, 4.69) is 0 Å². The molecule has 0 radical (unpaired) electrons. The molecule has 17 heavy (non-hydrogen) atoms. The van der Waals surface area contributed by atoms with Crippen molar-refractivity contribution >= 4 is 5.69 Å². The Morgan fingerprint density at radius 2 is 1.94 bits per heavy atom. The fourth-order valence-electron chi connectivity index (χ4n) is 1.64. The van der Waals surface area contributed by atoms with Gasteiger partial charge >= 0.3 is 5.69 Å². The third-order valence-electron chi connectivity index (χ3n) is 2.83. The summed E-state index contributed by atoms with van der Waals surface area (Å²) >= 11 is 0. The standard InChI is InChI=1S/C12H18N2O3/c1-7-5-6-8(11(13)12(2,3)4)10(15)9(7)14(16)17/h5-6,11,15H,13H2,1-4H3/t11-/m1/s1. The molecule has 0 saturated heterocycles. The number of benzene rings is 1. The summed E-state index contributed by atoms with van der Waals surface area (Å²) in [4.78, 5) is 10.3. The van der Waals surface area contributed by atoms with Gasteiger partial charge in [-0.3, -0.25) is 10.1 Å². The average molecular weight is 238 g/mol. The van der Waals surface area contributed by atoms with Gasteiger partial charge in [-0.1, -0.05) is 32.9 Å². The second-order valence-corrected chi connectivity index (χ2v) is 5.27. The molecule has 1 aromatic carbocycles. The quantitative estimate of drug-likeness (QED) is 0.612. The Hall–Kier alpha value is -1.62. The van der Waals surface area contributed by atoms with Crippen LogP contribution < -0.4 is 5.73 Å². The Morgan fingerprint density at radius 1 is 1.41 bits per heavy atom. The van der Waals surface area contributed by atoms with E-state index >= 15 is 0 Å². The summed E-state index contributed by atoms with van der Waals surface area (Å²) < 4.78 is 0. The van der Waals surface area contributed by atoms with Crippen molar-refractivity contribution in [2.45, 2.75) is 33.7 Å². The van der Waals surface area contributed by atoms with Crippen LogP contribution >= 0.6 is 0 Å². The number of nitrogens with zero attached hydrogens (tertiary/aromatic N) is 1. The number of nitrogens with two attached hydrogens (primary N) is 1. The van der Waals surface area contributed by atoms with E-state index in [1.54, 1.807) is 19.1 Å². The fourth-order valence-corrected chi connectivity index (χ4v) is 1.64. The van der Waals surface area contributed by atoms with Gasteiger partial charge in [0, 0.05) is 17.2 Å². The highest BCUT2D eigenvalue weighted by atomic mass is 16.6. The number of rotatable bonds is 2.